The van der Waals surface area contributed by atoms with Crippen molar-refractivity contribution in [2.75, 3.05) is 25.0 Å². The fourth-order valence-electron chi connectivity index (χ4n) is 3.24. The smallest absolute Gasteiger partial charge is 0.295 e. The third-order valence-electron chi connectivity index (χ3n) is 4.79. The van der Waals surface area contributed by atoms with Crippen molar-refractivity contribution in [3.05, 3.63) is 47.8 Å². The van der Waals surface area contributed by atoms with Crippen molar-refractivity contribution in [3.63, 3.8) is 0 Å². The Morgan fingerprint density at radius 3 is 2.50 bits per heavy atom. The second-order valence-corrected chi connectivity index (χ2v) is 8.70. The van der Waals surface area contributed by atoms with Gasteiger partial charge in [0.2, 0.25) is 10.0 Å². The van der Waals surface area contributed by atoms with E-state index >= 15 is 0 Å². The number of fused-ring (bicyclic) bond motifs is 1. The average molecular weight is 467 g/mol. The van der Waals surface area contributed by atoms with Crippen LogP contribution >= 0.6 is 0 Å². The first-order valence-electron chi connectivity index (χ1n) is 10.1. The number of aromatic nitrogens is 2. The lowest BCUT2D eigenvalue weighted by atomic mass is 10.2. The zero-order valence-corrected chi connectivity index (χ0v) is 18.7. The number of nitrogens with zero attached hydrogens (tertiary/aromatic N) is 2. The zero-order valence-electron chi connectivity index (χ0n) is 17.9. The van der Waals surface area contributed by atoms with Crippen molar-refractivity contribution in [3.8, 4) is 5.75 Å². The number of ether oxygens (including phenoxy) is 1. The van der Waals surface area contributed by atoms with Gasteiger partial charge in [-0.15, -0.1) is 0 Å². The van der Waals surface area contributed by atoms with Gasteiger partial charge in [-0.05, 0) is 43.3 Å². The molecule has 0 aliphatic heterocycles. The van der Waals surface area contributed by atoms with Crippen LogP contribution in [0.5, 0.6) is 5.75 Å². The summed E-state index contributed by atoms with van der Waals surface area (Å²) in [5.74, 6) is -0.818. The number of alkyl halides is 2. The predicted molar refractivity (Wildman–Crippen MR) is 117 cm³/mol. The summed E-state index contributed by atoms with van der Waals surface area (Å²) in [6.45, 7) is 6.06. The lowest BCUT2D eigenvalue weighted by molar-refractivity contribution is 0.102. The number of benzene rings is 2. The molecule has 1 heterocycles. The Kier molecular flexibility index (Phi) is 7.09. The van der Waals surface area contributed by atoms with Crippen LogP contribution in [0.15, 0.2) is 41.3 Å². The average Bonchev–Trinajstić information content (AvgIpc) is 3.19. The Morgan fingerprint density at radius 2 is 1.88 bits per heavy atom. The van der Waals surface area contributed by atoms with Gasteiger partial charge in [0.25, 0.3) is 12.3 Å². The fourth-order valence-corrected chi connectivity index (χ4v) is 4.86. The summed E-state index contributed by atoms with van der Waals surface area (Å²) in [6.07, 6.45) is -2.75. The molecule has 0 atom stereocenters. The number of carbonyl (C=O) groups is 1. The van der Waals surface area contributed by atoms with Crippen molar-refractivity contribution in [2.45, 2.75) is 32.1 Å². The molecule has 2 N–H and O–H groups in total. The van der Waals surface area contributed by atoms with Crippen LogP contribution < -0.4 is 10.1 Å². The first-order valence-corrected chi connectivity index (χ1v) is 11.5. The summed E-state index contributed by atoms with van der Waals surface area (Å²) in [6, 6.07) is 8.69. The minimum absolute atomic E-state index is 0.0496. The highest BCUT2D eigenvalue weighted by atomic mass is 32.2. The second kappa shape index (κ2) is 9.61. The maximum atomic E-state index is 13.1. The Balaban J connectivity index is 1.93. The van der Waals surface area contributed by atoms with E-state index in [1.165, 1.54) is 40.7 Å². The molecule has 0 saturated carbocycles. The number of sulfonamides is 1. The van der Waals surface area contributed by atoms with Gasteiger partial charge < -0.3 is 15.0 Å². The molecule has 0 aliphatic rings. The summed E-state index contributed by atoms with van der Waals surface area (Å²) in [5, 5.41) is 2.65. The highest BCUT2D eigenvalue weighted by Gasteiger charge is 2.26. The van der Waals surface area contributed by atoms with E-state index in [4.69, 9.17) is 4.74 Å². The number of anilines is 1. The van der Waals surface area contributed by atoms with Crippen molar-refractivity contribution < 1.29 is 26.7 Å². The summed E-state index contributed by atoms with van der Waals surface area (Å²) in [5.41, 5.74) is 1.06. The molecule has 3 aromatic rings. The number of imidazole rings is 1. The van der Waals surface area contributed by atoms with Crippen LogP contribution in [-0.2, 0) is 10.0 Å². The molecule has 8 nitrogen and oxygen atoms in total. The lowest BCUT2D eigenvalue weighted by Crippen LogP contribution is -2.31. The highest BCUT2D eigenvalue weighted by Crippen LogP contribution is 2.30. The molecule has 2 aromatic carbocycles. The largest absolute Gasteiger partial charge is 0.492 e. The van der Waals surface area contributed by atoms with Gasteiger partial charge in [0.1, 0.15) is 10.6 Å². The Morgan fingerprint density at radius 1 is 1.16 bits per heavy atom. The number of rotatable bonds is 9. The molecule has 1 aromatic heterocycles. The fraction of sp³-hybridized carbons (Fsp3) is 0.333. The van der Waals surface area contributed by atoms with Crippen LogP contribution in [0.25, 0.3) is 11.0 Å². The molecule has 0 unspecified atom stereocenters. The van der Waals surface area contributed by atoms with Crippen LogP contribution in [0.4, 0.5) is 14.5 Å². The minimum atomic E-state index is -3.84. The van der Waals surface area contributed by atoms with Crippen molar-refractivity contribution in [2.24, 2.45) is 0 Å². The number of hydrogen-bond acceptors (Lipinski definition) is 5. The number of amides is 1. The summed E-state index contributed by atoms with van der Waals surface area (Å²) in [4.78, 5) is 18.9. The van der Waals surface area contributed by atoms with Gasteiger partial charge in [-0.2, -0.15) is 4.31 Å². The third kappa shape index (κ3) is 4.73. The van der Waals surface area contributed by atoms with Crippen LogP contribution in [0, 0.1) is 0 Å². The molecular formula is C21H24F2N4O4S. The standard InChI is InChI=1S/C21H24F2N4O4S/c1-4-27(5-2)32(29,30)18-12-14(8-10-17(18)31-6-3)24-21(28)13-7-9-15-16(11-13)26-20(25-15)19(22)23/h7-12,19H,4-6H2,1-3H3,(H,24,28)(H,25,26). The highest BCUT2D eigenvalue weighted by molar-refractivity contribution is 7.89. The van der Waals surface area contributed by atoms with Gasteiger partial charge in [-0.3, -0.25) is 4.79 Å². The molecule has 172 valence electrons. The van der Waals surface area contributed by atoms with E-state index in [-0.39, 0.29) is 41.6 Å². The van der Waals surface area contributed by atoms with E-state index in [9.17, 15) is 22.0 Å². The van der Waals surface area contributed by atoms with Crippen LogP contribution in [0.3, 0.4) is 0 Å². The molecule has 3 rings (SSSR count). The third-order valence-corrected chi connectivity index (χ3v) is 6.86. The van der Waals surface area contributed by atoms with Gasteiger partial charge in [0.05, 0.1) is 17.6 Å². The first kappa shape index (κ1) is 23.6. The molecule has 32 heavy (non-hydrogen) atoms. The maximum Gasteiger partial charge on any atom is 0.295 e. The SMILES string of the molecule is CCOc1ccc(NC(=O)c2ccc3nc(C(F)F)[nH]c3c2)cc1S(=O)(=O)N(CC)CC. The van der Waals surface area contributed by atoms with Crippen molar-refractivity contribution >= 4 is 32.7 Å². The van der Waals surface area contributed by atoms with Crippen molar-refractivity contribution in [1.29, 1.82) is 0 Å². The van der Waals surface area contributed by atoms with Crippen LogP contribution in [0.2, 0.25) is 0 Å². The van der Waals surface area contributed by atoms with E-state index in [0.717, 1.165) is 0 Å². The summed E-state index contributed by atoms with van der Waals surface area (Å²) in [7, 11) is -3.84. The molecule has 0 aliphatic carbocycles. The Bertz CT molecular complexity index is 1220. The number of hydrogen-bond donors (Lipinski definition) is 2. The van der Waals surface area contributed by atoms with Crippen LogP contribution in [-0.4, -0.2) is 48.3 Å². The Hall–Kier alpha value is -3.05. The number of aromatic amines is 1. The number of H-pyrrole nitrogens is 1. The summed E-state index contributed by atoms with van der Waals surface area (Å²) < 4.78 is 58.6. The zero-order chi connectivity index (χ0) is 23.5. The quantitative estimate of drug-likeness (QED) is 0.492. The number of halogens is 2. The molecule has 11 heteroatoms. The molecule has 0 bridgehead atoms. The maximum absolute atomic E-state index is 13.1. The number of carbonyl (C=O) groups excluding carboxylic acids is 1. The van der Waals surface area contributed by atoms with E-state index in [2.05, 4.69) is 15.3 Å². The minimum Gasteiger partial charge on any atom is -0.492 e. The van der Waals surface area contributed by atoms with E-state index in [1.54, 1.807) is 20.8 Å². The number of nitrogens with one attached hydrogen (secondary N) is 2. The van der Waals surface area contributed by atoms with Gasteiger partial charge in [0.15, 0.2) is 5.82 Å². The molecule has 0 spiro atoms. The van der Waals surface area contributed by atoms with Crippen molar-refractivity contribution in [1.82, 2.24) is 14.3 Å². The van der Waals surface area contributed by atoms with Gasteiger partial charge in [-0.25, -0.2) is 22.2 Å². The molecular weight excluding hydrogens is 442 g/mol. The first-order chi connectivity index (χ1) is 15.2. The van der Waals surface area contributed by atoms with Gasteiger partial charge in [-0.1, -0.05) is 13.8 Å². The van der Waals surface area contributed by atoms with E-state index < -0.39 is 28.2 Å². The second-order valence-electron chi connectivity index (χ2n) is 6.79. The van der Waals surface area contributed by atoms with Gasteiger partial charge >= 0.3 is 0 Å². The van der Waals surface area contributed by atoms with E-state index in [0.29, 0.717) is 11.0 Å². The monoisotopic (exact) mass is 466 g/mol. The van der Waals surface area contributed by atoms with E-state index in [1.807, 2.05) is 0 Å². The molecule has 0 radical (unpaired) electrons. The molecule has 1 amide bonds. The normalized spacial score (nSPS) is 12.0. The van der Waals surface area contributed by atoms with Crippen LogP contribution in [0.1, 0.15) is 43.4 Å². The predicted octanol–water partition coefficient (Wildman–Crippen LogP) is 4.18. The topological polar surface area (TPSA) is 104 Å². The Labute approximate surface area is 184 Å². The molecule has 0 fully saturated rings. The molecule has 0 saturated heterocycles. The van der Waals surface area contributed by atoms with Gasteiger partial charge in [0, 0.05) is 24.3 Å². The summed E-state index contributed by atoms with van der Waals surface area (Å²) >= 11 is 0. The lowest BCUT2D eigenvalue weighted by Gasteiger charge is -2.21.